The summed E-state index contributed by atoms with van der Waals surface area (Å²) in [5, 5.41) is 9.60. The highest BCUT2D eigenvalue weighted by molar-refractivity contribution is 7.99. The van der Waals surface area contributed by atoms with Gasteiger partial charge in [0.15, 0.2) is 6.61 Å². The third-order valence-electron chi connectivity index (χ3n) is 7.27. The van der Waals surface area contributed by atoms with Gasteiger partial charge >= 0.3 is 12.0 Å². The van der Waals surface area contributed by atoms with Crippen LogP contribution in [0.2, 0.25) is 0 Å². The Morgan fingerprint density at radius 3 is 2.38 bits per heavy atom. The van der Waals surface area contributed by atoms with E-state index in [9.17, 15) is 14.4 Å². The Labute approximate surface area is 237 Å². The van der Waals surface area contributed by atoms with Gasteiger partial charge in [0.2, 0.25) is 5.91 Å². The SMILES string of the molecule is CC(=O)N1C[C@@H](c2ccccc2)N(C2CCN(Cc3ccc(Sc4ccc(OCC(=O)O)cc4)nc3)CC2)C1=O. The summed E-state index contributed by atoms with van der Waals surface area (Å²) < 4.78 is 5.18. The fraction of sp³-hybridized carbons (Fsp3) is 0.333. The van der Waals surface area contributed by atoms with Gasteiger partial charge in [0.05, 0.1) is 12.6 Å². The van der Waals surface area contributed by atoms with Crippen LogP contribution in [0.25, 0.3) is 0 Å². The van der Waals surface area contributed by atoms with Crippen molar-refractivity contribution in [2.45, 2.75) is 48.3 Å². The second-order valence-electron chi connectivity index (χ2n) is 10.0. The van der Waals surface area contributed by atoms with E-state index in [1.165, 1.54) is 23.6 Å². The summed E-state index contributed by atoms with van der Waals surface area (Å²) in [6.45, 7) is 4.01. The predicted molar refractivity (Wildman–Crippen MR) is 150 cm³/mol. The zero-order valence-corrected chi connectivity index (χ0v) is 23.1. The minimum atomic E-state index is -1.01. The molecule has 2 aromatic carbocycles. The summed E-state index contributed by atoms with van der Waals surface area (Å²) in [5.74, 6) is -0.701. The number of aliphatic carboxylic acids is 1. The number of ether oxygens (including phenoxy) is 1. The van der Waals surface area contributed by atoms with Crippen LogP contribution < -0.4 is 4.74 Å². The van der Waals surface area contributed by atoms with Gasteiger partial charge in [-0.2, -0.15) is 0 Å². The number of hydrogen-bond acceptors (Lipinski definition) is 7. The molecule has 9 nitrogen and oxygen atoms in total. The Morgan fingerprint density at radius 2 is 1.75 bits per heavy atom. The molecule has 40 heavy (non-hydrogen) atoms. The summed E-state index contributed by atoms with van der Waals surface area (Å²) in [6.07, 6.45) is 3.61. The number of likely N-dealkylation sites (tertiary alicyclic amines) is 1. The maximum Gasteiger partial charge on any atom is 0.341 e. The average molecular weight is 561 g/mol. The lowest BCUT2D eigenvalue weighted by molar-refractivity contribution is -0.139. The molecule has 0 radical (unpaired) electrons. The first-order valence-electron chi connectivity index (χ1n) is 13.3. The number of hydrogen-bond donors (Lipinski definition) is 1. The minimum absolute atomic E-state index is 0.0936. The number of imide groups is 1. The third-order valence-corrected chi connectivity index (χ3v) is 8.23. The van der Waals surface area contributed by atoms with Gasteiger partial charge in [-0.05, 0) is 54.3 Å². The van der Waals surface area contributed by atoms with E-state index in [1.54, 1.807) is 12.1 Å². The van der Waals surface area contributed by atoms with E-state index in [2.05, 4.69) is 16.0 Å². The molecule has 0 spiro atoms. The first-order chi connectivity index (χ1) is 19.4. The molecule has 0 bridgehead atoms. The molecule has 1 atom stereocenters. The van der Waals surface area contributed by atoms with Crippen LogP contribution in [0.1, 0.15) is 36.9 Å². The molecule has 10 heteroatoms. The molecule has 3 heterocycles. The Morgan fingerprint density at radius 1 is 1.02 bits per heavy atom. The number of carboxylic acid groups (broad SMARTS) is 1. The Hall–Kier alpha value is -3.89. The van der Waals surface area contributed by atoms with Crippen molar-refractivity contribution in [1.29, 1.82) is 0 Å². The molecule has 5 rings (SSSR count). The van der Waals surface area contributed by atoms with Crippen molar-refractivity contribution in [3.63, 3.8) is 0 Å². The van der Waals surface area contributed by atoms with Crippen molar-refractivity contribution < 1.29 is 24.2 Å². The van der Waals surface area contributed by atoms with Gasteiger partial charge in [-0.15, -0.1) is 0 Å². The number of carboxylic acids is 1. The van der Waals surface area contributed by atoms with Gasteiger partial charge in [0.1, 0.15) is 10.8 Å². The van der Waals surface area contributed by atoms with Crippen molar-refractivity contribution in [2.75, 3.05) is 26.2 Å². The fourth-order valence-corrected chi connectivity index (χ4v) is 6.03. The highest BCUT2D eigenvalue weighted by atomic mass is 32.2. The molecule has 2 aliphatic rings. The second-order valence-corrected chi connectivity index (χ2v) is 11.1. The number of piperidine rings is 1. The standard InChI is InChI=1S/C30H32N4O5S/c1-21(35)33-19-27(23-5-3-2-4-6-23)34(30(33)38)24-13-15-32(16-14-24)18-22-7-12-28(31-17-22)40-26-10-8-25(9-11-26)39-20-29(36)37/h2-12,17,24,27H,13-16,18-20H2,1H3,(H,36,37)/t27-/m0/s1. The number of carbonyl (C=O) groups is 3. The molecular weight excluding hydrogens is 528 g/mol. The van der Waals surface area contributed by atoms with Crippen LogP contribution in [0.4, 0.5) is 4.79 Å². The van der Waals surface area contributed by atoms with E-state index >= 15 is 0 Å². The normalized spacial score (nSPS) is 18.2. The molecule has 2 aliphatic heterocycles. The van der Waals surface area contributed by atoms with Crippen LogP contribution in [0.5, 0.6) is 5.75 Å². The van der Waals surface area contributed by atoms with Crippen molar-refractivity contribution in [3.05, 3.63) is 84.1 Å². The van der Waals surface area contributed by atoms with Gasteiger partial charge in [-0.3, -0.25) is 14.6 Å². The summed E-state index contributed by atoms with van der Waals surface area (Å²) in [6, 6.07) is 21.1. The van der Waals surface area contributed by atoms with Gasteiger partial charge in [0.25, 0.3) is 0 Å². The quantitative estimate of drug-likeness (QED) is 0.402. The number of rotatable bonds is 9. The lowest BCUT2D eigenvalue weighted by Crippen LogP contribution is -2.47. The Kier molecular flexibility index (Phi) is 8.66. The summed E-state index contributed by atoms with van der Waals surface area (Å²) in [4.78, 5) is 47.3. The molecule has 3 aromatic rings. The molecular formula is C30H32N4O5S. The fourth-order valence-electron chi connectivity index (χ4n) is 5.28. The van der Waals surface area contributed by atoms with Crippen LogP contribution in [-0.4, -0.2) is 75.0 Å². The Bertz CT molecular complexity index is 1330. The number of carbonyl (C=O) groups excluding carboxylic acids is 2. The van der Waals surface area contributed by atoms with Crippen LogP contribution in [0.3, 0.4) is 0 Å². The van der Waals surface area contributed by atoms with Crippen molar-refractivity contribution in [3.8, 4) is 5.75 Å². The first-order valence-corrected chi connectivity index (χ1v) is 14.1. The summed E-state index contributed by atoms with van der Waals surface area (Å²) in [5.41, 5.74) is 2.19. The highest BCUT2D eigenvalue weighted by Crippen LogP contribution is 2.35. The molecule has 1 N–H and O–H groups in total. The van der Waals surface area contributed by atoms with E-state index in [1.807, 2.05) is 59.6 Å². The maximum atomic E-state index is 13.2. The predicted octanol–water partition coefficient (Wildman–Crippen LogP) is 4.69. The topological polar surface area (TPSA) is 103 Å². The molecule has 2 saturated heterocycles. The number of benzene rings is 2. The monoisotopic (exact) mass is 560 g/mol. The number of pyridine rings is 1. The zero-order valence-electron chi connectivity index (χ0n) is 22.3. The largest absolute Gasteiger partial charge is 0.482 e. The minimum Gasteiger partial charge on any atom is -0.482 e. The lowest BCUT2D eigenvalue weighted by Gasteiger charge is -2.38. The van der Waals surface area contributed by atoms with Gasteiger partial charge in [-0.25, -0.2) is 14.6 Å². The highest BCUT2D eigenvalue weighted by Gasteiger charge is 2.44. The first kappa shape index (κ1) is 27.7. The number of nitrogens with zero attached hydrogens (tertiary/aromatic N) is 4. The molecule has 0 saturated carbocycles. The summed E-state index contributed by atoms with van der Waals surface area (Å²) in [7, 11) is 0. The van der Waals surface area contributed by atoms with Crippen LogP contribution in [0, 0.1) is 0 Å². The van der Waals surface area contributed by atoms with E-state index in [4.69, 9.17) is 9.84 Å². The van der Waals surface area contributed by atoms with E-state index in [0.29, 0.717) is 12.3 Å². The zero-order chi connectivity index (χ0) is 28.1. The lowest BCUT2D eigenvalue weighted by atomic mass is 9.99. The average Bonchev–Trinajstić information content (AvgIpc) is 3.32. The van der Waals surface area contributed by atoms with E-state index in [0.717, 1.165) is 53.5 Å². The number of amides is 3. The van der Waals surface area contributed by atoms with E-state index < -0.39 is 5.97 Å². The van der Waals surface area contributed by atoms with Crippen LogP contribution in [-0.2, 0) is 16.1 Å². The van der Waals surface area contributed by atoms with Crippen LogP contribution in [0.15, 0.2) is 82.8 Å². The molecule has 0 unspecified atom stereocenters. The van der Waals surface area contributed by atoms with Gasteiger partial charge in [0, 0.05) is 43.7 Å². The van der Waals surface area contributed by atoms with Crippen molar-refractivity contribution in [2.24, 2.45) is 0 Å². The number of aromatic nitrogens is 1. The second kappa shape index (κ2) is 12.5. The third kappa shape index (κ3) is 6.63. The summed E-state index contributed by atoms with van der Waals surface area (Å²) >= 11 is 1.53. The molecule has 0 aliphatic carbocycles. The molecule has 2 fully saturated rings. The molecule has 208 valence electrons. The maximum absolute atomic E-state index is 13.2. The molecule has 3 amide bonds. The van der Waals surface area contributed by atoms with Gasteiger partial charge < -0.3 is 14.7 Å². The van der Waals surface area contributed by atoms with E-state index in [-0.39, 0.29) is 30.6 Å². The van der Waals surface area contributed by atoms with Crippen molar-refractivity contribution in [1.82, 2.24) is 19.7 Å². The van der Waals surface area contributed by atoms with Gasteiger partial charge in [-0.1, -0.05) is 48.2 Å². The Balaban J connectivity index is 1.14. The molecule has 1 aromatic heterocycles. The van der Waals surface area contributed by atoms with Crippen LogP contribution >= 0.6 is 11.8 Å². The number of urea groups is 1. The smallest absolute Gasteiger partial charge is 0.341 e. The van der Waals surface area contributed by atoms with Crippen molar-refractivity contribution >= 4 is 29.7 Å².